The molecule has 32 heavy (non-hydrogen) atoms. The van der Waals surface area contributed by atoms with Crippen LogP contribution >= 0.6 is 0 Å². The molecule has 2 aromatic rings. The number of amides is 1. The van der Waals surface area contributed by atoms with Gasteiger partial charge in [-0.1, -0.05) is 25.1 Å². The van der Waals surface area contributed by atoms with Gasteiger partial charge in [-0.3, -0.25) is 4.79 Å². The molecular formula is C23H30N2O7. The third-order valence-corrected chi connectivity index (χ3v) is 4.88. The first-order valence-corrected chi connectivity index (χ1v) is 10.3. The summed E-state index contributed by atoms with van der Waals surface area (Å²) in [5, 5.41) is 12.6. The number of aromatic nitrogens is 1. The Labute approximate surface area is 187 Å². The molecule has 1 heterocycles. The standard InChI is InChI=1S/C23H30N2O7/c1-6-17(29-4)21(32-16-10-8-7-9-11-16)15(3)31-23(28)14(2)25-22(27)19-20(26)18(30-5)12-13-24-19/h7-15,17,21,26H,6H2,1-5H3,(H,25,27)/t14-,15-,17-,21-/m0/s1. The number of nitrogens with zero attached hydrogens (tertiary/aromatic N) is 1. The summed E-state index contributed by atoms with van der Waals surface area (Å²) >= 11 is 0. The summed E-state index contributed by atoms with van der Waals surface area (Å²) in [5.74, 6) is -1.10. The van der Waals surface area contributed by atoms with E-state index in [1.54, 1.807) is 26.2 Å². The first kappa shape index (κ1) is 24.9. The second-order valence-corrected chi connectivity index (χ2v) is 7.13. The number of pyridine rings is 1. The second kappa shape index (κ2) is 11.9. The van der Waals surface area contributed by atoms with Crippen molar-refractivity contribution in [2.75, 3.05) is 14.2 Å². The average molecular weight is 447 g/mol. The molecule has 1 aromatic heterocycles. The third-order valence-electron chi connectivity index (χ3n) is 4.88. The molecular weight excluding hydrogens is 416 g/mol. The number of esters is 1. The SMILES string of the molecule is CC[C@H](OC)[C@@H](Oc1ccccc1)[C@H](C)OC(=O)[C@H](C)NC(=O)c1nccc(OC)c1O. The van der Waals surface area contributed by atoms with Gasteiger partial charge >= 0.3 is 5.97 Å². The van der Waals surface area contributed by atoms with Gasteiger partial charge in [-0.15, -0.1) is 0 Å². The van der Waals surface area contributed by atoms with Crippen molar-refractivity contribution in [1.29, 1.82) is 0 Å². The number of aromatic hydroxyl groups is 1. The summed E-state index contributed by atoms with van der Waals surface area (Å²) in [6.07, 6.45) is 0.405. The molecule has 0 aliphatic rings. The van der Waals surface area contributed by atoms with Crippen molar-refractivity contribution in [2.45, 2.75) is 51.5 Å². The molecule has 0 radical (unpaired) electrons. The largest absolute Gasteiger partial charge is 0.503 e. The lowest BCUT2D eigenvalue weighted by atomic mass is 10.1. The van der Waals surface area contributed by atoms with E-state index in [2.05, 4.69) is 10.3 Å². The van der Waals surface area contributed by atoms with Crippen molar-refractivity contribution < 1.29 is 33.6 Å². The zero-order chi connectivity index (χ0) is 23.7. The van der Waals surface area contributed by atoms with E-state index < -0.39 is 35.9 Å². The van der Waals surface area contributed by atoms with Gasteiger partial charge in [0.2, 0.25) is 0 Å². The normalized spacial score (nSPS) is 14.5. The van der Waals surface area contributed by atoms with Crippen molar-refractivity contribution in [3.8, 4) is 17.2 Å². The molecule has 0 unspecified atom stereocenters. The maximum absolute atomic E-state index is 12.6. The smallest absolute Gasteiger partial charge is 0.328 e. The van der Waals surface area contributed by atoms with Gasteiger partial charge < -0.3 is 29.4 Å². The lowest BCUT2D eigenvalue weighted by Gasteiger charge is -2.31. The Morgan fingerprint density at radius 2 is 1.81 bits per heavy atom. The number of hydrogen-bond donors (Lipinski definition) is 2. The molecule has 0 saturated carbocycles. The molecule has 2 N–H and O–H groups in total. The highest BCUT2D eigenvalue weighted by Crippen LogP contribution is 2.27. The first-order valence-electron chi connectivity index (χ1n) is 10.3. The van der Waals surface area contributed by atoms with Crippen LogP contribution in [0.2, 0.25) is 0 Å². The van der Waals surface area contributed by atoms with E-state index in [-0.39, 0.29) is 17.5 Å². The summed E-state index contributed by atoms with van der Waals surface area (Å²) in [4.78, 5) is 29.0. The fourth-order valence-electron chi connectivity index (χ4n) is 3.11. The number of rotatable bonds is 11. The van der Waals surface area contributed by atoms with Crippen molar-refractivity contribution in [3.63, 3.8) is 0 Å². The highest BCUT2D eigenvalue weighted by Gasteiger charge is 2.32. The Balaban J connectivity index is 2.06. The van der Waals surface area contributed by atoms with E-state index in [0.717, 1.165) is 0 Å². The molecule has 0 aliphatic carbocycles. The topological polar surface area (TPSA) is 116 Å². The fourth-order valence-corrected chi connectivity index (χ4v) is 3.11. The summed E-state index contributed by atoms with van der Waals surface area (Å²) in [6, 6.07) is 9.59. The zero-order valence-electron chi connectivity index (χ0n) is 18.9. The molecule has 4 atom stereocenters. The molecule has 2 rings (SSSR count). The Morgan fingerprint density at radius 1 is 1.12 bits per heavy atom. The lowest BCUT2D eigenvalue weighted by Crippen LogP contribution is -2.47. The Hall–Kier alpha value is -3.33. The minimum Gasteiger partial charge on any atom is -0.503 e. The summed E-state index contributed by atoms with van der Waals surface area (Å²) < 4.78 is 22.1. The van der Waals surface area contributed by atoms with Crippen LogP contribution in [0.4, 0.5) is 0 Å². The average Bonchev–Trinajstić information content (AvgIpc) is 2.79. The number of methoxy groups -OCH3 is 2. The van der Waals surface area contributed by atoms with Gasteiger partial charge in [0, 0.05) is 19.4 Å². The number of hydrogen-bond acceptors (Lipinski definition) is 8. The number of carbonyl (C=O) groups excluding carboxylic acids is 2. The van der Waals surface area contributed by atoms with Crippen molar-refractivity contribution in [2.24, 2.45) is 0 Å². The summed E-state index contributed by atoms with van der Waals surface area (Å²) in [6.45, 7) is 5.13. The molecule has 0 spiro atoms. The van der Waals surface area contributed by atoms with Gasteiger partial charge in [0.1, 0.15) is 17.9 Å². The molecule has 0 aliphatic heterocycles. The highest BCUT2D eigenvalue weighted by molar-refractivity contribution is 5.97. The fraction of sp³-hybridized carbons (Fsp3) is 0.435. The minimum atomic E-state index is -1.00. The minimum absolute atomic E-state index is 0.0973. The Kier molecular flexibility index (Phi) is 9.27. The van der Waals surface area contributed by atoms with E-state index in [0.29, 0.717) is 12.2 Å². The van der Waals surface area contributed by atoms with Gasteiger partial charge in [0.05, 0.1) is 13.2 Å². The lowest BCUT2D eigenvalue weighted by molar-refractivity contribution is -0.159. The first-order chi connectivity index (χ1) is 15.3. The summed E-state index contributed by atoms with van der Waals surface area (Å²) in [7, 11) is 2.93. The number of ether oxygens (including phenoxy) is 4. The number of carbonyl (C=O) groups is 2. The second-order valence-electron chi connectivity index (χ2n) is 7.13. The van der Waals surface area contributed by atoms with Crippen molar-refractivity contribution >= 4 is 11.9 Å². The predicted molar refractivity (Wildman–Crippen MR) is 117 cm³/mol. The Morgan fingerprint density at radius 3 is 2.41 bits per heavy atom. The van der Waals surface area contributed by atoms with Gasteiger partial charge in [-0.25, -0.2) is 9.78 Å². The Bertz CT molecular complexity index is 887. The quantitative estimate of drug-likeness (QED) is 0.506. The van der Waals surface area contributed by atoms with E-state index in [9.17, 15) is 14.7 Å². The van der Waals surface area contributed by atoms with Gasteiger partial charge in [-0.05, 0) is 32.4 Å². The molecule has 0 fully saturated rings. The van der Waals surface area contributed by atoms with Gasteiger partial charge in [0.15, 0.2) is 23.3 Å². The van der Waals surface area contributed by atoms with Crippen LogP contribution in [0.25, 0.3) is 0 Å². The predicted octanol–water partition coefficient (Wildman–Crippen LogP) is 2.72. The number of benzene rings is 1. The van der Waals surface area contributed by atoms with Crippen LogP contribution in [0, 0.1) is 0 Å². The zero-order valence-corrected chi connectivity index (χ0v) is 18.9. The van der Waals surface area contributed by atoms with Crippen LogP contribution in [0.5, 0.6) is 17.2 Å². The van der Waals surface area contributed by atoms with Gasteiger partial charge in [0.25, 0.3) is 5.91 Å². The molecule has 1 aromatic carbocycles. The third kappa shape index (κ3) is 6.34. The molecule has 174 valence electrons. The van der Waals surface area contributed by atoms with E-state index >= 15 is 0 Å². The van der Waals surface area contributed by atoms with Gasteiger partial charge in [-0.2, -0.15) is 0 Å². The van der Waals surface area contributed by atoms with Crippen molar-refractivity contribution in [1.82, 2.24) is 10.3 Å². The molecule has 0 bridgehead atoms. The van der Waals surface area contributed by atoms with Crippen molar-refractivity contribution in [3.05, 3.63) is 48.3 Å². The molecule has 9 heteroatoms. The number of para-hydroxylation sites is 1. The van der Waals surface area contributed by atoms with Crippen LogP contribution in [-0.4, -0.2) is 60.5 Å². The molecule has 9 nitrogen and oxygen atoms in total. The van der Waals surface area contributed by atoms with E-state index in [4.69, 9.17) is 18.9 Å². The van der Waals surface area contributed by atoms with Crippen LogP contribution in [-0.2, 0) is 14.3 Å². The van der Waals surface area contributed by atoms with Crippen LogP contribution in [0.15, 0.2) is 42.6 Å². The monoisotopic (exact) mass is 446 g/mol. The maximum atomic E-state index is 12.6. The van der Waals surface area contributed by atoms with E-state index in [1.807, 2.05) is 25.1 Å². The molecule has 1 amide bonds. The van der Waals surface area contributed by atoms with Crippen LogP contribution in [0.1, 0.15) is 37.7 Å². The van der Waals surface area contributed by atoms with Crippen LogP contribution < -0.4 is 14.8 Å². The highest BCUT2D eigenvalue weighted by atomic mass is 16.6. The number of nitrogens with one attached hydrogen (secondary N) is 1. The van der Waals surface area contributed by atoms with Crippen LogP contribution in [0.3, 0.4) is 0 Å². The molecule has 0 saturated heterocycles. The maximum Gasteiger partial charge on any atom is 0.328 e. The van der Waals surface area contributed by atoms with E-state index in [1.165, 1.54) is 26.3 Å². The summed E-state index contributed by atoms with van der Waals surface area (Å²) in [5.41, 5.74) is -0.257.